The number of carbonyl (C=O) groups excluding carboxylic acids is 2. The van der Waals surface area contributed by atoms with E-state index in [9.17, 15) is 9.59 Å². The van der Waals surface area contributed by atoms with E-state index >= 15 is 0 Å². The zero-order valence-corrected chi connectivity index (χ0v) is 5.13. The van der Waals surface area contributed by atoms with Crippen molar-refractivity contribution in [2.24, 2.45) is 11.5 Å². The minimum Gasteiger partial charge on any atom is -0.395 e. The average molecular weight is 138 g/mol. The number of allylic oxidation sites excluding steroid dienone is 2. The minimum atomic E-state index is -0.473. The summed E-state index contributed by atoms with van der Waals surface area (Å²) in [5.41, 5.74) is 10.1. The molecule has 0 aromatic heterocycles. The molecule has 0 aromatic rings. The van der Waals surface area contributed by atoms with Gasteiger partial charge in [0, 0.05) is 12.2 Å². The van der Waals surface area contributed by atoms with Crippen LogP contribution >= 0.6 is 0 Å². The highest BCUT2D eigenvalue weighted by Gasteiger charge is 2.15. The molecule has 10 heavy (non-hydrogen) atoms. The molecule has 0 saturated carbocycles. The SMILES string of the molecule is NC1=CC(=O)C=C(N)C1=O. The Balaban J connectivity index is 3.05. The van der Waals surface area contributed by atoms with Crippen molar-refractivity contribution >= 4 is 11.6 Å². The van der Waals surface area contributed by atoms with Gasteiger partial charge in [-0.3, -0.25) is 9.59 Å². The average Bonchev–Trinajstić information content (AvgIpc) is 1.82. The van der Waals surface area contributed by atoms with Crippen LogP contribution < -0.4 is 11.5 Å². The van der Waals surface area contributed by atoms with Crippen LogP contribution in [0.5, 0.6) is 0 Å². The van der Waals surface area contributed by atoms with E-state index in [-0.39, 0.29) is 17.2 Å². The molecule has 0 atom stereocenters. The van der Waals surface area contributed by atoms with Crippen molar-refractivity contribution in [3.8, 4) is 0 Å². The highest BCUT2D eigenvalue weighted by molar-refractivity contribution is 6.19. The molecule has 0 spiro atoms. The van der Waals surface area contributed by atoms with Crippen LogP contribution in [0.1, 0.15) is 0 Å². The van der Waals surface area contributed by atoms with Crippen molar-refractivity contribution < 1.29 is 9.59 Å². The smallest absolute Gasteiger partial charge is 0.224 e. The fraction of sp³-hybridized carbons (Fsp3) is 0. The van der Waals surface area contributed by atoms with Crippen LogP contribution in [0.2, 0.25) is 0 Å². The maximum Gasteiger partial charge on any atom is 0.224 e. The Labute approximate surface area is 57.2 Å². The van der Waals surface area contributed by atoms with Gasteiger partial charge in [0.15, 0.2) is 5.78 Å². The van der Waals surface area contributed by atoms with E-state index in [0.29, 0.717) is 0 Å². The maximum absolute atomic E-state index is 10.7. The van der Waals surface area contributed by atoms with E-state index in [1.54, 1.807) is 0 Å². The molecular weight excluding hydrogens is 132 g/mol. The lowest BCUT2D eigenvalue weighted by Crippen LogP contribution is -2.24. The van der Waals surface area contributed by atoms with Crippen LogP contribution in [-0.2, 0) is 9.59 Å². The number of ketones is 2. The monoisotopic (exact) mass is 138 g/mol. The lowest BCUT2D eigenvalue weighted by Gasteiger charge is -2.03. The molecule has 0 fully saturated rings. The van der Waals surface area contributed by atoms with Crippen molar-refractivity contribution in [3.63, 3.8) is 0 Å². The molecule has 4 N–H and O–H groups in total. The van der Waals surface area contributed by atoms with Gasteiger partial charge >= 0.3 is 0 Å². The van der Waals surface area contributed by atoms with E-state index < -0.39 is 5.78 Å². The van der Waals surface area contributed by atoms with Crippen LogP contribution in [-0.4, -0.2) is 11.6 Å². The first-order valence-corrected chi connectivity index (χ1v) is 2.64. The predicted molar refractivity (Wildman–Crippen MR) is 34.6 cm³/mol. The summed E-state index contributed by atoms with van der Waals surface area (Å²) in [7, 11) is 0. The first kappa shape index (κ1) is 6.54. The lowest BCUT2D eigenvalue weighted by molar-refractivity contribution is -0.115. The molecule has 0 saturated heterocycles. The van der Waals surface area contributed by atoms with Crippen LogP contribution in [0.3, 0.4) is 0 Å². The van der Waals surface area contributed by atoms with Gasteiger partial charge in [-0.2, -0.15) is 0 Å². The summed E-state index contributed by atoms with van der Waals surface area (Å²) < 4.78 is 0. The number of Topliss-reactive ketones (excluding diaryl/α,β-unsaturated/α-hetero) is 1. The number of nitrogens with two attached hydrogens (primary N) is 2. The van der Waals surface area contributed by atoms with E-state index in [1.165, 1.54) is 0 Å². The summed E-state index contributed by atoms with van der Waals surface area (Å²) >= 11 is 0. The Morgan fingerprint density at radius 3 is 1.80 bits per heavy atom. The molecule has 52 valence electrons. The van der Waals surface area contributed by atoms with E-state index in [0.717, 1.165) is 12.2 Å². The van der Waals surface area contributed by atoms with E-state index in [1.807, 2.05) is 0 Å². The standard InChI is InChI=1S/C6H6N2O2/c7-4-1-3(9)2-5(8)6(4)10/h1-2H,7-8H2. The number of hydrogen-bond acceptors (Lipinski definition) is 4. The summed E-state index contributed by atoms with van der Waals surface area (Å²) in [4.78, 5) is 21.3. The summed E-state index contributed by atoms with van der Waals surface area (Å²) in [6.45, 7) is 0. The molecule has 1 rings (SSSR count). The van der Waals surface area contributed by atoms with Gasteiger partial charge in [-0.05, 0) is 0 Å². The Morgan fingerprint density at radius 2 is 1.40 bits per heavy atom. The summed E-state index contributed by atoms with van der Waals surface area (Å²) in [6, 6.07) is 0. The highest BCUT2D eigenvalue weighted by atomic mass is 16.1. The maximum atomic E-state index is 10.7. The number of hydrogen-bond donors (Lipinski definition) is 2. The molecule has 1 aliphatic carbocycles. The first-order chi connectivity index (χ1) is 4.61. The van der Waals surface area contributed by atoms with Crippen molar-refractivity contribution in [1.82, 2.24) is 0 Å². The van der Waals surface area contributed by atoms with Gasteiger partial charge in [-0.15, -0.1) is 0 Å². The van der Waals surface area contributed by atoms with Crippen LogP contribution in [0.25, 0.3) is 0 Å². The van der Waals surface area contributed by atoms with E-state index in [2.05, 4.69) is 0 Å². The second-order valence-electron chi connectivity index (χ2n) is 1.93. The van der Waals surface area contributed by atoms with Gasteiger partial charge in [0.2, 0.25) is 5.78 Å². The molecule has 4 nitrogen and oxygen atoms in total. The summed E-state index contributed by atoms with van der Waals surface area (Å²) in [5.74, 6) is -0.811. The topological polar surface area (TPSA) is 86.2 Å². The largest absolute Gasteiger partial charge is 0.395 e. The second-order valence-corrected chi connectivity index (χ2v) is 1.93. The zero-order chi connectivity index (χ0) is 7.72. The first-order valence-electron chi connectivity index (χ1n) is 2.64. The molecule has 1 aliphatic rings. The minimum absolute atomic E-state index is 0.0926. The van der Waals surface area contributed by atoms with Crippen molar-refractivity contribution in [3.05, 3.63) is 23.5 Å². The quantitative estimate of drug-likeness (QED) is 0.413. The fourth-order valence-corrected chi connectivity index (χ4v) is 0.646. The van der Waals surface area contributed by atoms with Crippen molar-refractivity contribution in [2.45, 2.75) is 0 Å². The molecular formula is C6H6N2O2. The Hall–Kier alpha value is -1.58. The third-order valence-electron chi connectivity index (χ3n) is 1.12. The van der Waals surface area contributed by atoms with Crippen LogP contribution in [0.4, 0.5) is 0 Å². The Morgan fingerprint density at radius 1 is 1.00 bits per heavy atom. The third kappa shape index (κ3) is 0.907. The fourth-order valence-electron chi connectivity index (χ4n) is 0.646. The van der Waals surface area contributed by atoms with Gasteiger partial charge in [-0.1, -0.05) is 0 Å². The summed E-state index contributed by atoms with van der Waals surface area (Å²) in [6.07, 6.45) is 2.11. The van der Waals surface area contributed by atoms with E-state index in [4.69, 9.17) is 11.5 Å². The Kier molecular flexibility index (Phi) is 1.30. The lowest BCUT2D eigenvalue weighted by atomic mass is 10.1. The van der Waals surface area contributed by atoms with Crippen molar-refractivity contribution in [1.29, 1.82) is 0 Å². The van der Waals surface area contributed by atoms with Gasteiger partial charge in [0.1, 0.15) is 0 Å². The van der Waals surface area contributed by atoms with Gasteiger partial charge in [0.05, 0.1) is 11.4 Å². The van der Waals surface area contributed by atoms with Gasteiger partial charge < -0.3 is 11.5 Å². The molecule has 4 heteroatoms. The number of rotatable bonds is 0. The molecule has 0 radical (unpaired) electrons. The molecule has 0 heterocycles. The molecule has 0 aromatic carbocycles. The van der Waals surface area contributed by atoms with Crippen molar-refractivity contribution in [2.75, 3.05) is 0 Å². The van der Waals surface area contributed by atoms with Gasteiger partial charge in [-0.25, -0.2) is 0 Å². The highest BCUT2D eigenvalue weighted by Crippen LogP contribution is 2.02. The molecule has 0 bridgehead atoms. The van der Waals surface area contributed by atoms with Crippen LogP contribution in [0.15, 0.2) is 23.5 Å². The van der Waals surface area contributed by atoms with Gasteiger partial charge in [0.25, 0.3) is 0 Å². The summed E-state index contributed by atoms with van der Waals surface area (Å²) in [5, 5.41) is 0. The molecule has 0 aliphatic heterocycles. The number of carbonyl (C=O) groups is 2. The zero-order valence-electron chi connectivity index (χ0n) is 5.13. The third-order valence-corrected chi connectivity index (χ3v) is 1.12. The van der Waals surface area contributed by atoms with Crippen LogP contribution in [0, 0.1) is 0 Å². The Bertz CT molecular complexity index is 239. The molecule has 0 unspecified atom stereocenters. The second kappa shape index (κ2) is 1.98. The normalized spacial score (nSPS) is 18.4. The predicted octanol–water partition coefficient (Wildman–Crippen LogP) is -1.18. The molecule has 0 amide bonds.